The van der Waals surface area contributed by atoms with Gasteiger partial charge in [-0.1, -0.05) is 24.3 Å². The molecule has 0 aliphatic heterocycles. The fraction of sp³-hybridized carbons (Fsp3) is 0.190. The maximum Gasteiger partial charge on any atom is 0.130 e. The fourth-order valence-electron chi connectivity index (χ4n) is 3.05. The highest BCUT2D eigenvalue weighted by Crippen LogP contribution is 2.23. The van der Waals surface area contributed by atoms with Gasteiger partial charge in [-0.25, -0.2) is 4.98 Å². The third kappa shape index (κ3) is 3.35. The van der Waals surface area contributed by atoms with E-state index in [1.165, 1.54) is 0 Å². The Bertz CT molecular complexity index is 1010. The minimum Gasteiger partial charge on any atom is -0.487 e. The SMILES string of the molecule is OCCCn1ccc2cc(OCc3ccc4ccccc4n3)ccc21. The Morgan fingerprint density at radius 2 is 1.88 bits per heavy atom. The van der Waals surface area contributed by atoms with E-state index in [-0.39, 0.29) is 6.61 Å². The average Bonchev–Trinajstić information content (AvgIpc) is 3.06. The smallest absolute Gasteiger partial charge is 0.130 e. The van der Waals surface area contributed by atoms with E-state index in [4.69, 9.17) is 9.84 Å². The molecule has 0 aliphatic rings. The van der Waals surface area contributed by atoms with E-state index in [9.17, 15) is 0 Å². The summed E-state index contributed by atoms with van der Waals surface area (Å²) in [6.07, 6.45) is 2.81. The molecule has 0 fully saturated rings. The molecule has 2 heterocycles. The standard InChI is InChI=1S/C21H20N2O2/c24-13-3-11-23-12-10-17-14-19(8-9-21(17)23)25-15-18-7-6-16-4-1-2-5-20(16)22-18/h1-2,4-10,12,14,24H,3,11,13,15H2. The number of benzene rings is 2. The van der Waals surface area contributed by atoms with Gasteiger partial charge < -0.3 is 14.4 Å². The van der Waals surface area contributed by atoms with E-state index in [1.807, 2.05) is 36.4 Å². The van der Waals surface area contributed by atoms with E-state index >= 15 is 0 Å². The van der Waals surface area contributed by atoms with Gasteiger partial charge in [0.15, 0.2) is 0 Å². The van der Waals surface area contributed by atoms with Crippen LogP contribution in [-0.4, -0.2) is 21.3 Å². The largest absolute Gasteiger partial charge is 0.487 e. The number of aliphatic hydroxyl groups excluding tert-OH is 1. The zero-order valence-corrected chi connectivity index (χ0v) is 13.9. The van der Waals surface area contributed by atoms with Crippen molar-refractivity contribution in [2.24, 2.45) is 0 Å². The molecule has 0 unspecified atom stereocenters. The van der Waals surface area contributed by atoms with Crippen LogP contribution in [0.15, 0.2) is 66.9 Å². The normalized spacial score (nSPS) is 11.2. The minimum absolute atomic E-state index is 0.208. The molecular weight excluding hydrogens is 312 g/mol. The molecule has 4 rings (SSSR count). The Morgan fingerprint density at radius 1 is 0.960 bits per heavy atom. The number of fused-ring (bicyclic) bond motifs is 2. The Labute approximate surface area is 146 Å². The number of para-hydroxylation sites is 1. The molecule has 4 aromatic rings. The lowest BCUT2D eigenvalue weighted by Crippen LogP contribution is -1.99. The first-order chi connectivity index (χ1) is 12.3. The number of hydrogen-bond acceptors (Lipinski definition) is 3. The van der Waals surface area contributed by atoms with Crippen LogP contribution in [0, 0.1) is 0 Å². The molecule has 25 heavy (non-hydrogen) atoms. The van der Waals surface area contributed by atoms with Gasteiger partial charge in [0.1, 0.15) is 12.4 Å². The first kappa shape index (κ1) is 15.7. The molecule has 0 saturated heterocycles. The van der Waals surface area contributed by atoms with Gasteiger partial charge in [0.25, 0.3) is 0 Å². The zero-order chi connectivity index (χ0) is 17.1. The predicted octanol–water partition coefficient (Wildman–Crippen LogP) is 4.15. The van der Waals surface area contributed by atoms with Crippen LogP contribution in [0.25, 0.3) is 21.8 Å². The van der Waals surface area contributed by atoms with Crippen LogP contribution in [0.3, 0.4) is 0 Å². The van der Waals surface area contributed by atoms with Crippen LogP contribution < -0.4 is 4.74 Å². The van der Waals surface area contributed by atoms with Gasteiger partial charge >= 0.3 is 0 Å². The summed E-state index contributed by atoms with van der Waals surface area (Å²) in [7, 11) is 0. The zero-order valence-electron chi connectivity index (χ0n) is 13.9. The lowest BCUT2D eigenvalue weighted by atomic mass is 10.2. The summed E-state index contributed by atoms with van der Waals surface area (Å²) in [5, 5.41) is 11.3. The van der Waals surface area contributed by atoms with Gasteiger partial charge in [0.2, 0.25) is 0 Å². The first-order valence-corrected chi connectivity index (χ1v) is 8.51. The number of aliphatic hydroxyl groups is 1. The number of ether oxygens (including phenoxy) is 1. The molecule has 2 aromatic carbocycles. The van der Waals surface area contributed by atoms with Crippen LogP contribution in [-0.2, 0) is 13.2 Å². The maximum atomic E-state index is 8.99. The Morgan fingerprint density at radius 3 is 2.80 bits per heavy atom. The Balaban J connectivity index is 1.50. The lowest BCUT2D eigenvalue weighted by molar-refractivity contribution is 0.280. The van der Waals surface area contributed by atoms with Crippen molar-refractivity contribution in [2.45, 2.75) is 19.6 Å². The van der Waals surface area contributed by atoms with Crippen LogP contribution in [0.5, 0.6) is 5.75 Å². The predicted molar refractivity (Wildman–Crippen MR) is 99.7 cm³/mol. The van der Waals surface area contributed by atoms with Crippen LogP contribution in [0.4, 0.5) is 0 Å². The second kappa shape index (κ2) is 6.95. The molecule has 4 nitrogen and oxygen atoms in total. The van der Waals surface area contributed by atoms with Crippen molar-refractivity contribution in [1.82, 2.24) is 9.55 Å². The van der Waals surface area contributed by atoms with Crippen molar-refractivity contribution in [3.05, 3.63) is 72.6 Å². The Kier molecular flexibility index (Phi) is 4.36. The molecule has 0 amide bonds. The summed E-state index contributed by atoms with van der Waals surface area (Å²) in [6, 6.07) is 20.3. The highest BCUT2D eigenvalue weighted by molar-refractivity contribution is 5.81. The summed E-state index contributed by atoms with van der Waals surface area (Å²) in [6.45, 7) is 1.47. The second-order valence-corrected chi connectivity index (χ2v) is 6.09. The van der Waals surface area contributed by atoms with E-state index in [2.05, 4.69) is 40.0 Å². The molecular formula is C21H20N2O2. The van der Waals surface area contributed by atoms with Crippen LogP contribution in [0.1, 0.15) is 12.1 Å². The number of rotatable bonds is 6. The number of aromatic nitrogens is 2. The van der Waals surface area contributed by atoms with Gasteiger partial charge in [-0.15, -0.1) is 0 Å². The summed E-state index contributed by atoms with van der Waals surface area (Å²) in [4.78, 5) is 4.64. The highest BCUT2D eigenvalue weighted by Gasteiger charge is 2.04. The van der Waals surface area contributed by atoms with Crippen LogP contribution in [0.2, 0.25) is 0 Å². The number of pyridine rings is 1. The van der Waals surface area contributed by atoms with Gasteiger partial charge in [-0.3, -0.25) is 0 Å². The number of nitrogens with zero attached hydrogens (tertiary/aromatic N) is 2. The minimum atomic E-state index is 0.208. The van der Waals surface area contributed by atoms with Gasteiger partial charge in [-0.05, 0) is 42.8 Å². The van der Waals surface area contributed by atoms with E-state index in [0.717, 1.165) is 46.2 Å². The van der Waals surface area contributed by atoms with E-state index < -0.39 is 0 Å². The van der Waals surface area contributed by atoms with Gasteiger partial charge in [0, 0.05) is 35.6 Å². The summed E-state index contributed by atoms with van der Waals surface area (Å²) >= 11 is 0. The fourth-order valence-corrected chi connectivity index (χ4v) is 3.05. The van der Waals surface area contributed by atoms with Gasteiger partial charge in [0.05, 0.1) is 11.2 Å². The van der Waals surface area contributed by atoms with Gasteiger partial charge in [-0.2, -0.15) is 0 Å². The van der Waals surface area contributed by atoms with Crippen LogP contribution >= 0.6 is 0 Å². The third-order valence-corrected chi connectivity index (χ3v) is 4.34. The molecule has 0 radical (unpaired) electrons. The summed E-state index contributed by atoms with van der Waals surface area (Å²) in [5.41, 5.74) is 3.06. The molecule has 2 aromatic heterocycles. The monoisotopic (exact) mass is 332 g/mol. The van der Waals surface area contributed by atoms with Crippen molar-refractivity contribution in [3.63, 3.8) is 0 Å². The van der Waals surface area contributed by atoms with Crippen molar-refractivity contribution in [2.75, 3.05) is 6.61 Å². The van der Waals surface area contributed by atoms with Crippen molar-refractivity contribution < 1.29 is 9.84 Å². The lowest BCUT2D eigenvalue weighted by Gasteiger charge is -2.08. The van der Waals surface area contributed by atoms with E-state index in [1.54, 1.807) is 0 Å². The third-order valence-electron chi connectivity index (χ3n) is 4.34. The van der Waals surface area contributed by atoms with Crippen molar-refractivity contribution in [1.29, 1.82) is 0 Å². The number of hydrogen-bond donors (Lipinski definition) is 1. The molecule has 0 saturated carbocycles. The topological polar surface area (TPSA) is 47.3 Å². The Hall–Kier alpha value is -2.85. The summed E-state index contributed by atoms with van der Waals surface area (Å²) in [5.74, 6) is 0.836. The van der Waals surface area contributed by atoms with E-state index in [0.29, 0.717) is 6.61 Å². The second-order valence-electron chi connectivity index (χ2n) is 6.09. The molecule has 0 atom stereocenters. The van der Waals surface area contributed by atoms with Crippen molar-refractivity contribution in [3.8, 4) is 5.75 Å². The molecule has 4 heteroatoms. The molecule has 0 spiro atoms. The molecule has 0 bridgehead atoms. The molecule has 0 aliphatic carbocycles. The summed E-state index contributed by atoms with van der Waals surface area (Å²) < 4.78 is 8.08. The van der Waals surface area contributed by atoms with Crippen molar-refractivity contribution >= 4 is 21.8 Å². The maximum absolute atomic E-state index is 8.99. The quantitative estimate of drug-likeness (QED) is 0.577. The first-order valence-electron chi connectivity index (χ1n) is 8.51. The number of aryl methyl sites for hydroxylation is 1. The highest BCUT2D eigenvalue weighted by atomic mass is 16.5. The molecule has 1 N–H and O–H groups in total. The molecule has 126 valence electrons. The average molecular weight is 332 g/mol.